The summed E-state index contributed by atoms with van der Waals surface area (Å²) in [5.41, 5.74) is 1.78. The number of thiol groups is 1. The topological polar surface area (TPSA) is 29.1 Å². The lowest BCUT2D eigenvalue weighted by atomic mass is 10.2. The molecule has 0 saturated carbocycles. The van der Waals surface area contributed by atoms with Gasteiger partial charge in [-0.2, -0.15) is 0 Å². The van der Waals surface area contributed by atoms with Crippen LogP contribution in [0.25, 0.3) is 0 Å². The minimum absolute atomic E-state index is 0.0139. The van der Waals surface area contributed by atoms with Crippen molar-refractivity contribution >= 4 is 35.8 Å². The molecule has 0 radical (unpaired) electrons. The van der Waals surface area contributed by atoms with Crippen LogP contribution < -0.4 is 5.32 Å². The average Bonchev–Trinajstić information content (AvgIpc) is 2.30. The first-order chi connectivity index (χ1) is 5.66. The molecule has 1 heterocycles. The number of fused-ring (bicyclic) bond motifs is 1. The molecule has 0 spiro atoms. The van der Waals surface area contributed by atoms with Crippen LogP contribution in [-0.4, -0.2) is 5.91 Å². The van der Waals surface area contributed by atoms with Crippen LogP contribution in [-0.2, 0) is 11.2 Å². The van der Waals surface area contributed by atoms with Gasteiger partial charge < -0.3 is 5.32 Å². The molecule has 62 valence electrons. The zero-order valence-corrected chi connectivity index (χ0v) is 7.75. The van der Waals surface area contributed by atoms with E-state index < -0.39 is 0 Å². The Hall–Kier alpha value is -0.670. The van der Waals surface area contributed by atoms with E-state index >= 15 is 0 Å². The summed E-state index contributed by atoms with van der Waals surface area (Å²) in [7, 11) is 0. The Bertz CT molecular complexity index is 331. The second-order valence-corrected chi connectivity index (χ2v) is 3.57. The van der Waals surface area contributed by atoms with Crippen molar-refractivity contribution in [2.24, 2.45) is 0 Å². The van der Waals surface area contributed by atoms with Gasteiger partial charge in [-0.05, 0) is 17.7 Å². The molecule has 0 unspecified atom stereocenters. The van der Waals surface area contributed by atoms with Crippen LogP contribution in [0.2, 0.25) is 5.02 Å². The highest BCUT2D eigenvalue weighted by molar-refractivity contribution is 7.80. The van der Waals surface area contributed by atoms with E-state index in [0.29, 0.717) is 16.3 Å². The molecule has 1 aliphatic heterocycles. The Labute approximate surface area is 80.3 Å². The van der Waals surface area contributed by atoms with Gasteiger partial charge in [0.2, 0.25) is 5.91 Å². The summed E-state index contributed by atoms with van der Waals surface area (Å²) in [5.74, 6) is 0.0139. The molecular formula is C8H6ClNOS. The molecule has 4 heteroatoms. The maximum absolute atomic E-state index is 10.9. The molecule has 2 nitrogen and oxygen atoms in total. The van der Waals surface area contributed by atoms with Gasteiger partial charge in [0.15, 0.2) is 0 Å². The minimum Gasteiger partial charge on any atom is -0.325 e. The van der Waals surface area contributed by atoms with Crippen molar-refractivity contribution in [3.63, 3.8) is 0 Å². The Morgan fingerprint density at radius 3 is 3.00 bits per heavy atom. The molecule has 0 saturated heterocycles. The number of amides is 1. The first-order valence-electron chi connectivity index (χ1n) is 3.48. The van der Waals surface area contributed by atoms with E-state index in [-0.39, 0.29) is 5.91 Å². The number of halogens is 1. The van der Waals surface area contributed by atoms with E-state index in [1.165, 1.54) is 0 Å². The van der Waals surface area contributed by atoms with Crippen molar-refractivity contribution in [2.45, 2.75) is 11.3 Å². The maximum atomic E-state index is 10.9. The first kappa shape index (κ1) is 7.95. The van der Waals surface area contributed by atoms with Crippen molar-refractivity contribution in [1.82, 2.24) is 0 Å². The summed E-state index contributed by atoms with van der Waals surface area (Å²) in [6.45, 7) is 0. The van der Waals surface area contributed by atoms with Crippen LogP contribution >= 0.6 is 24.2 Å². The number of anilines is 1. The number of hydrogen-bond acceptors (Lipinski definition) is 2. The molecule has 1 N–H and O–H groups in total. The SMILES string of the molecule is O=C1Cc2cc(S)c(Cl)cc2N1. The quantitative estimate of drug-likeness (QED) is 0.616. The number of nitrogens with one attached hydrogen (secondary N) is 1. The van der Waals surface area contributed by atoms with Gasteiger partial charge in [0, 0.05) is 10.6 Å². The van der Waals surface area contributed by atoms with Crippen molar-refractivity contribution in [3.8, 4) is 0 Å². The molecule has 0 bridgehead atoms. The third-order valence-corrected chi connectivity index (χ3v) is 2.61. The largest absolute Gasteiger partial charge is 0.325 e. The number of carbonyl (C=O) groups excluding carboxylic acids is 1. The Balaban J connectivity index is 2.55. The lowest BCUT2D eigenvalue weighted by molar-refractivity contribution is -0.115. The van der Waals surface area contributed by atoms with Crippen LogP contribution in [0, 0.1) is 0 Å². The second kappa shape index (κ2) is 2.68. The predicted octanol–water partition coefficient (Wildman–Crippen LogP) is 2.12. The van der Waals surface area contributed by atoms with Crippen LogP contribution in [0.5, 0.6) is 0 Å². The van der Waals surface area contributed by atoms with Crippen LogP contribution in [0.4, 0.5) is 5.69 Å². The molecular weight excluding hydrogens is 194 g/mol. The normalized spacial score (nSPS) is 14.3. The molecule has 1 aromatic rings. The Morgan fingerprint density at radius 1 is 1.50 bits per heavy atom. The van der Waals surface area contributed by atoms with Gasteiger partial charge >= 0.3 is 0 Å². The van der Waals surface area contributed by atoms with E-state index in [1.54, 1.807) is 6.07 Å². The fourth-order valence-corrected chi connectivity index (χ4v) is 1.62. The standard InChI is InChI=1S/C8H6ClNOS/c9-5-3-6-4(1-7(5)12)2-8(11)10-6/h1,3,12H,2H2,(H,10,11). The van der Waals surface area contributed by atoms with Gasteiger partial charge in [-0.25, -0.2) is 0 Å². The molecule has 0 atom stereocenters. The maximum Gasteiger partial charge on any atom is 0.228 e. The van der Waals surface area contributed by atoms with Crippen LogP contribution in [0.3, 0.4) is 0 Å². The van der Waals surface area contributed by atoms with E-state index in [0.717, 1.165) is 11.3 Å². The highest BCUT2D eigenvalue weighted by Gasteiger charge is 2.18. The molecule has 1 amide bonds. The molecule has 1 aliphatic rings. The highest BCUT2D eigenvalue weighted by atomic mass is 35.5. The monoisotopic (exact) mass is 199 g/mol. The summed E-state index contributed by atoms with van der Waals surface area (Å²) in [4.78, 5) is 11.7. The van der Waals surface area contributed by atoms with Crippen LogP contribution in [0.1, 0.15) is 5.56 Å². The number of benzene rings is 1. The molecule has 0 fully saturated rings. The average molecular weight is 200 g/mol. The Kier molecular flexibility index (Phi) is 1.77. The van der Waals surface area contributed by atoms with Crippen molar-refractivity contribution < 1.29 is 4.79 Å². The van der Waals surface area contributed by atoms with Crippen molar-refractivity contribution in [2.75, 3.05) is 5.32 Å². The molecule has 2 rings (SSSR count). The summed E-state index contributed by atoms with van der Waals surface area (Å²) in [6.07, 6.45) is 0.431. The molecule has 12 heavy (non-hydrogen) atoms. The van der Waals surface area contributed by atoms with Gasteiger partial charge in [-0.15, -0.1) is 12.6 Å². The molecule has 1 aromatic carbocycles. The minimum atomic E-state index is 0.0139. The lowest BCUT2D eigenvalue weighted by Crippen LogP contribution is -2.03. The third-order valence-electron chi connectivity index (χ3n) is 1.80. The van der Waals surface area contributed by atoms with Gasteiger partial charge in [-0.3, -0.25) is 4.79 Å². The first-order valence-corrected chi connectivity index (χ1v) is 4.30. The summed E-state index contributed by atoms with van der Waals surface area (Å²) >= 11 is 9.97. The van der Waals surface area contributed by atoms with E-state index in [1.807, 2.05) is 6.07 Å². The zero-order chi connectivity index (χ0) is 8.72. The van der Waals surface area contributed by atoms with E-state index in [4.69, 9.17) is 11.6 Å². The smallest absolute Gasteiger partial charge is 0.228 e. The summed E-state index contributed by atoms with van der Waals surface area (Å²) in [6, 6.07) is 3.54. The van der Waals surface area contributed by atoms with Crippen LogP contribution in [0.15, 0.2) is 17.0 Å². The van der Waals surface area contributed by atoms with Gasteiger partial charge in [-0.1, -0.05) is 11.6 Å². The number of rotatable bonds is 0. The summed E-state index contributed by atoms with van der Waals surface area (Å²) < 4.78 is 0. The summed E-state index contributed by atoms with van der Waals surface area (Å²) in [5, 5.41) is 3.28. The van der Waals surface area contributed by atoms with Gasteiger partial charge in [0.1, 0.15) is 0 Å². The number of carbonyl (C=O) groups is 1. The zero-order valence-electron chi connectivity index (χ0n) is 6.10. The van der Waals surface area contributed by atoms with Crippen molar-refractivity contribution in [1.29, 1.82) is 0 Å². The fraction of sp³-hybridized carbons (Fsp3) is 0.125. The number of hydrogen-bond donors (Lipinski definition) is 2. The molecule has 0 aliphatic carbocycles. The third kappa shape index (κ3) is 1.19. The van der Waals surface area contributed by atoms with Gasteiger partial charge in [0.05, 0.1) is 11.4 Å². The highest BCUT2D eigenvalue weighted by Crippen LogP contribution is 2.31. The van der Waals surface area contributed by atoms with E-state index in [9.17, 15) is 4.79 Å². The second-order valence-electron chi connectivity index (χ2n) is 2.69. The Morgan fingerprint density at radius 2 is 2.25 bits per heavy atom. The van der Waals surface area contributed by atoms with E-state index in [2.05, 4.69) is 17.9 Å². The lowest BCUT2D eigenvalue weighted by Gasteiger charge is -2.00. The predicted molar refractivity (Wildman–Crippen MR) is 51.0 cm³/mol. The van der Waals surface area contributed by atoms with Crippen molar-refractivity contribution in [3.05, 3.63) is 22.7 Å². The molecule has 0 aromatic heterocycles. The fourth-order valence-electron chi connectivity index (χ4n) is 1.24. The van der Waals surface area contributed by atoms with Gasteiger partial charge in [0.25, 0.3) is 0 Å².